The summed E-state index contributed by atoms with van der Waals surface area (Å²) in [4.78, 5) is 1.97. The van der Waals surface area contributed by atoms with E-state index >= 15 is 0 Å². The number of rotatable bonds is 4. The first-order chi connectivity index (χ1) is 9.45. The Kier molecular flexibility index (Phi) is 4.81. The van der Waals surface area contributed by atoms with Crippen molar-refractivity contribution in [1.82, 2.24) is 0 Å². The van der Waals surface area contributed by atoms with Crippen LogP contribution in [0.2, 0.25) is 0 Å². The zero-order chi connectivity index (χ0) is 14.8. The second kappa shape index (κ2) is 6.22. The van der Waals surface area contributed by atoms with E-state index in [0.29, 0.717) is 18.2 Å². The van der Waals surface area contributed by atoms with Crippen molar-refractivity contribution in [1.29, 1.82) is 0 Å². The predicted molar refractivity (Wildman–Crippen MR) is 73.2 cm³/mol. The van der Waals surface area contributed by atoms with E-state index in [1.165, 1.54) is 12.1 Å². The molecule has 1 fully saturated rings. The summed E-state index contributed by atoms with van der Waals surface area (Å²) in [5, 5.41) is 0. The van der Waals surface area contributed by atoms with Gasteiger partial charge < -0.3 is 9.64 Å². The van der Waals surface area contributed by atoms with Gasteiger partial charge >= 0.3 is 6.18 Å². The molecule has 1 unspecified atom stereocenters. The van der Waals surface area contributed by atoms with E-state index in [4.69, 9.17) is 16.3 Å². The van der Waals surface area contributed by atoms with E-state index in [0.717, 1.165) is 19.5 Å². The van der Waals surface area contributed by atoms with Gasteiger partial charge in [-0.3, -0.25) is 0 Å². The number of halogens is 4. The van der Waals surface area contributed by atoms with Gasteiger partial charge in [-0.1, -0.05) is 6.07 Å². The zero-order valence-corrected chi connectivity index (χ0v) is 12.0. The average Bonchev–Trinajstić information content (AvgIpc) is 2.86. The Bertz CT molecular complexity index is 464. The number of hydrogen-bond donors (Lipinski definition) is 0. The number of benzene rings is 1. The first-order valence-electron chi connectivity index (χ1n) is 6.45. The van der Waals surface area contributed by atoms with Crippen LogP contribution in [0.5, 0.6) is 0 Å². The van der Waals surface area contributed by atoms with Crippen LogP contribution in [0, 0.1) is 5.92 Å². The van der Waals surface area contributed by atoms with Crippen molar-refractivity contribution < 1.29 is 17.9 Å². The van der Waals surface area contributed by atoms with Crippen molar-refractivity contribution in [2.24, 2.45) is 5.92 Å². The maximum Gasteiger partial charge on any atom is 0.416 e. The van der Waals surface area contributed by atoms with Crippen molar-refractivity contribution in [3.63, 3.8) is 0 Å². The number of methoxy groups -OCH3 is 1. The van der Waals surface area contributed by atoms with Gasteiger partial charge in [0, 0.05) is 37.7 Å². The number of alkyl halides is 4. The molecule has 1 aromatic carbocycles. The molecule has 1 aromatic rings. The molecule has 1 heterocycles. The molecule has 0 spiro atoms. The Morgan fingerprint density at radius 3 is 2.75 bits per heavy atom. The van der Waals surface area contributed by atoms with Crippen molar-refractivity contribution in [3.05, 3.63) is 29.3 Å². The van der Waals surface area contributed by atoms with Gasteiger partial charge in [0.2, 0.25) is 0 Å². The van der Waals surface area contributed by atoms with E-state index < -0.39 is 11.7 Å². The molecule has 1 saturated heterocycles. The molecule has 0 aromatic heterocycles. The molecule has 1 aliphatic heterocycles. The van der Waals surface area contributed by atoms with Gasteiger partial charge in [0.05, 0.1) is 12.2 Å². The summed E-state index contributed by atoms with van der Waals surface area (Å²) < 4.78 is 44.1. The second-order valence-corrected chi connectivity index (χ2v) is 5.30. The number of hydrogen-bond acceptors (Lipinski definition) is 2. The van der Waals surface area contributed by atoms with Gasteiger partial charge in [-0.05, 0) is 24.1 Å². The monoisotopic (exact) mass is 307 g/mol. The van der Waals surface area contributed by atoms with E-state index in [2.05, 4.69) is 0 Å². The third-order valence-corrected chi connectivity index (χ3v) is 3.88. The van der Waals surface area contributed by atoms with Crippen LogP contribution in [0.15, 0.2) is 18.2 Å². The molecular formula is C14H17ClF3NO. The summed E-state index contributed by atoms with van der Waals surface area (Å²) in [7, 11) is 1.64. The fourth-order valence-electron chi connectivity index (χ4n) is 2.58. The summed E-state index contributed by atoms with van der Waals surface area (Å²) in [5.41, 5.74) is 0.0838. The molecular weight excluding hydrogens is 291 g/mol. The maximum absolute atomic E-state index is 13.0. The van der Waals surface area contributed by atoms with E-state index in [-0.39, 0.29) is 11.4 Å². The lowest BCUT2D eigenvalue weighted by Crippen LogP contribution is -2.22. The van der Waals surface area contributed by atoms with Gasteiger partial charge in [-0.2, -0.15) is 13.2 Å². The highest BCUT2D eigenvalue weighted by molar-refractivity contribution is 6.17. The average molecular weight is 308 g/mol. The van der Waals surface area contributed by atoms with Crippen molar-refractivity contribution in [3.8, 4) is 0 Å². The fourth-order valence-corrected chi connectivity index (χ4v) is 2.81. The summed E-state index contributed by atoms with van der Waals surface area (Å²) in [5.74, 6) is 0.239. The van der Waals surface area contributed by atoms with Crippen molar-refractivity contribution in [2.75, 3.05) is 31.7 Å². The summed E-state index contributed by atoms with van der Waals surface area (Å²) in [6.07, 6.45) is -3.43. The molecule has 0 N–H and O–H groups in total. The van der Waals surface area contributed by atoms with Crippen LogP contribution in [-0.4, -0.2) is 26.8 Å². The van der Waals surface area contributed by atoms with Gasteiger partial charge in [0.1, 0.15) is 0 Å². The van der Waals surface area contributed by atoms with Crippen LogP contribution < -0.4 is 4.90 Å². The molecule has 112 valence electrons. The van der Waals surface area contributed by atoms with Crippen LogP contribution in [0.3, 0.4) is 0 Å². The van der Waals surface area contributed by atoms with Gasteiger partial charge in [-0.25, -0.2) is 0 Å². The minimum absolute atomic E-state index is 0.121. The molecule has 2 rings (SSSR count). The van der Waals surface area contributed by atoms with Crippen LogP contribution in [0.4, 0.5) is 18.9 Å². The van der Waals surface area contributed by atoms with Crippen molar-refractivity contribution in [2.45, 2.75) is 18.5 Å². The Morgan fingerprint density at radius 1 is 1.40 bits per heavy atom. The first-order valence-corrected chi connectivity index (χ1v) is 6.99. The van der Waals surface area contributed by atoms with Crippen molar-refractivity contribution >= 4 is 17.3 Å². The fraction of sp³-hybridized carbons (Fsp3) is 0.571. The lowest BCUT2D eigenvalue weighted by Gasteiger charge is -2.21. The molecule has 0 radical (unpaired) electrons. The van der Waals surface area contributed by atoms with Gasteiger partial charge in [0.15, 0.2) is 0 Å². The van der Waals surface area contributed by atoms with Crippen LogP contribution in [0.1, 0.15) is 17.5 Å². The lowest BCUT2D eigenvalue weighted by molar-refractivity contribution is -0.138. The quantitative estimate of drug-likeness (QED) is 0.782. The highest BCUT2D eigenvalue weighted by Gasteiger charge is 2.34. The highest BCUT2D eigenvalue weighted by atomic mass is 35.5. The zero-order valence-electron chi connectivity index (χ0n) is 11.2. The normalized spacial score (nSPS) is 19.6. The maximum atomic E-state index is 13.0. The minimum atomic E-state index is -4.37. The third kappa shape index (κ3) is 3.38. The Morgan fingerprint density at radius 2 is 2.15 bits per heavy atom. The molecule has 1 atom stereocenters. The van der Waals surface area contributed by atoms with Crippen LogP contribution in [0.25, 0.3) is 0 Å². The molecule has 1 aliphatic rings. The number of nitrogens with zero attached hydrogens (tertiary/aromatic N) is 1. The Hall–Kier alpha value is -0.940. The SMILES string of the molecule is COCC1CCN(c2ccc(CCl)c(C(F)(F)F)c2)C1. The van der Waals surface area contributed by atoms with Gasteiger partial charge in [-0.15, -0.1) is 11.6 Å². The second-order valence-electron chi connectivity index (χ2n) is 5.03. The largest absolute Gasteiger partial charge is 0.416 e. The molecule has 2 nitrogen and oxygen atoms in total. The summed E-state index contributed by atoms with van der Waals surface area (Å²) in [6, 6.07) is 4.38. The van der Waals surface area contributed by atoms with Crippen LogP contribution >= 0.6 is 11.6 Å². The summed E-state index contributed by atoms with van der Waals surface area (Å²) in [6.45, 7) is 2.12. The van der Waals surface area contributed by atoms with E-state index in [1.807, 2.05) is 4.90 Å². The van der Waals surface area contributed by atoms with Gasteiger partial charge in [0.25, 0.3) is 0 Å². The summed E-state index contributed by atoms with van der Waals surface area (Å²) >= 11 is 5.58. The smallest absolute Gasteiger partial charge is 0.384 e. The van der Waals surface area contributed by atoms with E-state index in [1.54, 1.807) is 13.2 Å². The number of anilines is 1. The standard InChI is InChI=1S/C14H17ClF3NO/c1-20-9-10-4-5-19(8-10)12-3-2-11(7-15)13(6-12)14(16,17)18/h2-3,6,10H,4-5,7-9H2,1H3. The molecule has 0 saturated carbocycles. The third-order valence-electron chi connectivity index (χ3n) is 3.60. The van der Waals surface area contributed by atoms with Crippen LogP contribution in [-0.2, 0) is 16.8 Å². The first kappa shape index (κ1) is 15.4. The molecule has 0 aliphatic carbocycles. The molecule has 0 bridgehead atoms. The highest BCUT2D eigenvalue weighted by Crippen LogP contribution is 2.36. The molecule has 20 heavy (non-hydrogen) atoms. The molecule has 0 amide bonds. The minimum Gasteiger partial charge on any atom is -0.384 e. The Labute approximate surface area is 121 Å². The van der Waals surface area contributed by atoms with E-state index in [9.17, 15) is 13.2 Å². The lowest BCUT2D eigenvalue weighted by atomic mass is 10.1. The molecule has 6 heteroatoms. The topological polar surface area (TPSA) is 12.5 Å². The Balaban J connectivity index is 2.22. The number of ether oxygens (including phenoxy) is 1. The predicted octanol–water partition coefficient (Wildman–Crippen LogP) is 3.92.